The van der Waals surface area contributed by atoms with Crippen molar-refractivity contribution in [3.8, 4) is 5.75 Å². The maximum absolute atomic E-state index is 5.46. The van der Waals surface area contributed by atoms with Gasteiger partial charge in [-0.1, -0.05) is 37.2 Å². The second kappa shape index (κ2) is 8.53. The van der Waals surface area contributed by atoms with Gasteiger partial charge in [-0.3, -0.25) is 0 Å². The van der Waals surface area contributed by atoms with Crippen molar-refractivity contribution in [2.75, 3.05) is 33.4 Å². The summed E-state index contributed by atoms with van der Waals surface area (Å²) in [6, 6.07) is 12.3. The molecule has 0 unspecified atom stereocenters. The Morgan fingerprint density at radius 1 is 1.04 bits per heavy atom. The summed E-state index contributed by atoms with van der Waals surface area (Å²) in [6.07, 6.45) is 0. The second-order valence-electron chi connectivity index (χ2n) is 5.46. The highest BCUT2D eigenvalue weighted by Gasteiger charge is 2.03. The molecule has 0 N–H and O–H groups in total. The Labute approximate surface area is 138 Å². The molecule has 0 aliphatic carbocycles. The zero-order valence-corrected chi connectivity index (χ0v) is 14.5. The average Bonchev–Trinajstić information content (AvgIpc) is 2.60. The van der Waals surface area contributed by atoms with Crippen molar-refractivity contribution < 1.29 is 9.57 Å². The number of oxime groups is 1. The number of hydrogen-bond acceptors (Lipinski definition) is 4. The molecule has 0 aliphatic heterocycles. The quantitative estimate of drug-likeness (QED) is 0.420. The molecule has 2 rings (SSSR count). The molecule has 0 aromatic heterocycles. The first-order valence-electron chi connectivity index (χ1n) is 8.15. The molecule has 0 fully saturated rings. The van der Waals surface area contributed by atoms with Gasteiger partial charge in [-0.2, -0.15) is 0 Å². The Morgan fingerprint density at radius 3 is 2.43 bits per heavy atom. The molecule has 0 saturated heterocycles. The standard InChI is InChI=1S/C19H26N2O2/c1-5-21(6-2)11-12-23-20-15(3)16-7-8-18-14-19(22-4)10-9-17(18)13-16/h7-10,13-14H,5-6,11-12H2,1-4H3. The first-order valence-corrected chi connectivity index (χ1v) is 8.15. The predicted octanol–water partition coefficient (Wildman–Crippen LogP) is 3.93. The molecule has 23 heavy (non-hydrogen) atoms. The van der Waals surface area contributed by atoms with Gasteiger partial charge in [0, 0.05) is 6.54 Å². The van der Waals surface area contributed by atoms with Gasteiger partial charge in [0.15, 0.2) is 0 Å². The SMILES string of the molecule is CCN(CC)CCON=C(C)c1ccc2cc(OC)ccc2c1. The van der Waals surface area contributed by atoms with Crippen LogP contribution < -0.4 is 4.74 Å². The number of rotatable bonds is 8. The highest BCUT2D eigenvalue weighted by molar-refractivity contribution is 6.01. The van der Waals surface area contributed by atoms with E-state index in [4.69, 9.17) is 9.57 Å². The highest BCUT2D eigenvalue weighted by Crippen LogP contribution is 2.22. The molecule has 0 saturated carbocycles. The van der Waals surface area contributed by atoms with Gasteiger partial charge >= 0.3 is 0 Å². The third-order valence-corrected chi connectivity index (χ3v) is 4.06. The van der Waals surface area contributed by atoms with Crippen molar-refractivity contribution >= 4 is 16.5 Å². The topological polar surface area (TPSA) is 34.1 Å². The van der Waals surface area contributed by atoms with Crippen LogP contribution in [0.4, 0.5) is 0 Å². The fourth-order valence-corrected chi connectivity index (χ4v) is 2.48. The van der Waals surface area contributed by atoms with Crippen LogP contribution in [0.25, 0.3) is 10.8 Å². The van der Waals surface area contributed by atoms with E-state index in [9.17, 15) is 0 Å². The molecule has 0 atom stereocenters. The zero-order chi connectivity index (χ0) is 16.7. The van der Waals surface area contributed by atoms with Gasteiger partial charge in [0.25, 0.3) is 0 Å². The Morgan fingerprint density at radius 2 is 1.74 bits per heavy atom. The molecule has 4 heteroatoms. The molecule has 0 heterocycles. The maximum Gasteiger partial charge on any atom is 0.129 e. The van der Waals surface area contributed by atoms with Crippen LogP contribution in [0.2, 0.25) is 0 Å². The summed E-state index contributed by atoms with van der Waals surface area (Å²) in [5.74, 6) is 0.871. The van der Waals surface area contributed by atoms with Crippen LogP contribution in [0.3, 0.4) is 0 Å². The van der Waals surface area contributed by atoms with Gasteiger partial charge in [0.2, 0.25) is 0 Å². The van der Waals surface area contributed by atoms with Crippen molar-refractivity contribution in [3.63, 3.8) is 0 Å². The highest BCUT2D eigenvalue weighted by atomic mass is 16.6. The Balaban J connectivity index is 2.02. The Kier molecular flexibility index (Phi) is 6.41. The lowest BCUT2D eigenvalue weighted by atomic mass is 10.0. The Hall–Kier alpha value is -2.07. The van der Waals surface area contributed by atoms with Gasteiger partial charge in [-0.25, -0.2) is 0 Å². The van der Waals surface area contributed by atoms with E-state index in [-0.39, 0.29) is 0 Å². The number of fused-ring (bicyclic) bond motifs is 1. The lowest BCUT2D eigenvalue weighted by Gasteiger charge is -2.16. The summed E-state index contributed by atoms with van der Waals surface area (Å²) in [4.78, 5) is 7.77. The van der Waals surface area contributed by atoms with Gasteiger partial charge in [-0.15, -0.1) is 0 Å². The van der Waals surface area contributed by atoms with Crippen molar-refractivity contribution in [2.24, 2.45) is 5.16 Å². The van der Waals surface area contributed by atoms with E-state index in [1.165, 1.54) is 5.39 Å². The normalized spacial score (nSPS) is 12.0. The maximum atomic E-state index is 5.46. The minimum absolute atomic E-state index is 0.615. The van der Waals surface area contributed by atoms with E-state index in [2.05, 4.69) is 48.2 Å². The molecule has 2 aromatic carbocycles. The molecule has 0 radical (unpaired) electrons. The minimum Gasteiger partial charge on any atom is -0.497 e. The summed E-state index contributed by atoms with van der Waals surface area (Å²) in [7, 11) is 1.68. The van der Waals surface area contributed by atoms with E-state index < -0.39 is 0 Å². The monoisotopic (exact) mass is 314 g/mol. The molecule has 2 aromatic rings. The van der Waals surface area contributed by atoms with Gasteiger partial charge in [0.05, 0.1) is 12.8 Å². The third kappa shape index (κ3) is 4.70. The van der Waals surface area contributed by atoms with Crippen LogP contribution in [0.5, 0.6) is 5.75 Å². The van der Waals surface area contributed by atoms with Crippen molar-refractivity contribution in [1.29, 1.82) is 0 Å². The molecular weight excluding hydrogens is 288 g/mol. The van der Waals surface area contributed by atoms with E-state index in [0.717, 1.165) is 42.0 Å². The van der Waals surface area contributed by atoms with Crippen LogP contribution >= 0.6 is 0 Å². The largest absolute Gasteiger partial charge is 0.497 e. The fraction of sp³-hybridized carbons (Fsp3) is 0.421. The van der Waals surface area contributed by atoms with Crippen LogP contribution in [-0.4, -0.2) is 44.0 Å². The molecule has 0 aliphatic rings. The number of methoxy groups -OCH3 is 1. The third-order valence-electron chi connectivity index (χ3n) is 4.06. The number of likely N-dealkylation sites (N-methyl/N-ethyl adjacent to an activating group) is 1. The summed E-state index contributed by atoms with van der Waals surface area (Å²) in [5, 5.41) is 6.56. The molecule has 4 nitrogen and oxygen atoms in total. The average molecular weight is 314 g/mol. The summed E-state index contributed by atoms with van der Waals surface area (Å²) >= 11 is 0. The fourth-order valence-electron chi connectivity index (χ4n) is 2.48. The van der Waals surface area contributed by atoms with Gasteiger partial charge in [-0.05, 0) is 54.5 Å². The van der Waals surface area contributed by atoms with Crippen LogP contribution in [0.15, 0.2) is 41.6 Å². The summed E-state index contributed by atoms with van der Waals surface area (Å²) in [6.45, 7) is 9.88. The summed E-state index contributed by atoms with van der Waals surface area (Å²) < 4.78 is 5.26. The second-order valence-corrected chi connectivity index (χ2v) is 5.46. The lowest BCUT2D eigenvalue weighted by Crippen LogP contribution is -2.26. The van der Waals surface area contributed by atoms with Crippen LogP contribution in [0.1, 0.15) is 26.3 Å². The number of ether oxygens (including phenoxy) is 1. The predicted molar refractivity (Wildman–Crippen MR) is 96.5 cm³/mol. The minimum atomic E-state index is 0.615. The van der Waals surface area contributed by atoms with Crippen molar-refractivity contribution in [3.05, 3.63) is 42.0 Å². The number of benzene rings is 2. The van der Waals surface area contributed by atoms with E-state index in [1.807, 2.05) is 19.1 Å². The van der Waals surface area contributed by atoms with Crippen molar-refractivity contribution in [1.82, 2.24) is 4.90 Å². The number of hydrogen-bond donors (Lipinski definition) is 0. The lowest BCUT2D eigenvalue weighted by molar-refractivity contribution is 0.114. The Bertz CT molecular complexity index is 663. The number of nitrogens with zero attached hydrogens (tertiary/aromatic N) is 2. The molecule has 0 bridgehead atoms. The zero-order valence-electron chi connectivity index (χ0n) is 14.5. The van der Waals surface area contributed by atoms with E-state index >= 15 is 0 Å². The first-order chi connectivity index (χ1) is 11.2. The van der Waals surface area contributed by atoms with E-state index in [1.54, 1.807) is 7.11 Å². The van der Waals surface area contributed by atoms with E-state index in [0.29, 0.717) is 6.61 Å². The summed E-state index contributed by atoms with van der Waals surface area (Å²) in [5.41, 5.74) is 1.97. The van der Waals surface area contributed by atoms with Crippen LogP contribution in [0, 0.1) is 0 Å². The van der Waals surface area contributed by atoms with Crippen molar-refractivity contribution in [2.45, 2.75) is 20.8 Å². The van der Waals surface area contributed by atoms with Gasteiger partial charge in [0.1, 0.15) is 12.4 Å². The van der Waals surface area contributed by atoms with Gasteiger partial charge < -0.3 is 14.5 Å². The van der Waals surface area contributed by atoms with Crippen LogP contribution in [-0.2, 0) is 4.84 Å². The molecule has 0 spiro atoms. The smallest absolute Gasteiger partial charge is 0.129 e. The first kappa shape index (κ1) is 17.3. The molecular formula is C19H26N2O2. The molecule has 124 valence electrons. The molecule has 0 amide bonds.